The number of benzene rings is 2. The number of esters is 1. The normalized spacial score (nSPS) is 12.1. The Hall–Kier alpha value is -2.07. The van der Waals surface area contributed by atoms with Gasteiger partial charge in [0.2, 0.25) is 0 Å². The van der Waals surface area contributed by atoms with E-state index in [2.05, 4.69) is 0 Å². The molecule has 118 valence electrons. The second kappa shape index (κ2) is 7.80. The van der Waals surface area contributed by atoms with Crippen molar-refractivity contribution in [3.05, 3.63) is 42.0 Å². The molecule has 1 atom stereocenters. The number of hydrogen-bond donors (Lipinski definition) is 0. The zero-order chi connectivity index (χ0) is 15.9. The average molecular weight is 302 g/mol. The standard InChI is InChI=1S/C18H22O4/c1-4-9-21-18(19)13(2)14-5-6-16-11-17(22-12-20-3)8-7-15(16)10-14/h5-8,10-11,13H,4,9,12H2,1-3H3. The third-order valence-electron chi connectivity index (χ3n) is 3.48. The van der Waals surface area contributed by atoms with Gasteiger partial charge < -0.3 is 14.2 Å². The van der Waals surface area contributed by atoms with Crippen molar-refractivity contribution < 1.29 is 19.0 Å². The molecule has 22 heavy (non-hydrogen) atoms. The van der Waals surface area contributed by atoms with Gasteiger partial charge in [-0.25, -0.2) is 0 Å². The highest BCUT2D eigenvalue weighted by Gasteiger charge is 2.16. The molecule has 2 rings (SSSR count). The molecule has 0 aliphatic rings. The van der Waals surface area contributed by atoms with Gasteiger partial charge in [-0.05, 0) is 41.8 Å². The van der Waals surface area contributed by atoms with Crippen LogP contribution < -0.4 is 4.74 Å². The molecule has 0 heterocycles. The van der Waals surface area contributed by atoms with Crippen LogP contribution in [0.3, 0.4) is 0 Å². The Balaban J connectivity index is 2.18. The third-order valence-corrected chi connectivity index (χ3v) is 3.48. The van der Waals surface area contributed by atoms with Gasteiger partial charge in [-0.3, -0.25) is 4.79 Å². The van der Waals surface area contributed by atoms with E-state index < -0.39 is 0 Å². The van der Waals surface area contributed by atoms with Gasteiger partial charge in [0.1, 0.15) is 5.75 Å². The second-order valence-corrected chi connectivity index (χ2v) is 5.21. The molecule has 4 nitrogen and oxygen atoms in total. The molecule has 0 amide bonds. The van der Waals surface area contributed by atoms with E-state index in [1.807, 2.05) is 50.2 Å². The first-order chi connectivity index (χ1) is 10.7. The molecular formula is C18H22O4. The Morgan fingerprint density at radius 2 is 1.86 bits per heavy atom. The van der Waals surface area contributed by atoms with E-state index >= 15 is 0 Å². The summed E-state index contributed by atoms with van der Waals surface area (Å²) in [4.78, 5) is 12.0. The summed E-state index contributed by atoms with van der Waals surface area (Å²) in [7, 11) is 1.59. The van der Waals surface area contributed by atoms with Crippen LogP contribution in [-0.2, 0) is 14.3 Å². The Bertz CT molecular complexity index is 636. The van der Waals surface area contributed by atoms with Crippen molar-refractivity contribution in [2.45, 2.75) is 26.2 Å². The Morgan fingerprint density at radius 3 is 2.59 bits per heavy atom. The molecular weight excluding hydrogens is 280 g/mol. The van der Waals surface area contributed by atoms with Crippen LogP contribution in [0.2, 0.25) is 0 Å². The Kier molecular flexibility index (Phi) is 5.78. The molecule has 0 radical (unpaired) electrons. The van der Waals surface area contributed by atoms with Gasteiger partial charge in [-0.2, -0.15) is 0 Å². The van der Waals surface area contributed by atoms with E-state index in [1.165, 1.54) is 0 Å². The molecule has 0 aliphatic heterocycles. The molecule has 0 fully saturated rings. The fraction of sp³-hybridized carbons (Fsp3) is 0.389. The van der Waals surface area contributed by atoms with Crippen molar-refractivity contribution in [2.75, 3.05) is 20.5 Å². The van der Waals surface area contributed by atoms with E-state index in [0.29, 0.717) is 6.61 Å². The van der Waals surface area contributed by atoms with Crippen LogP contribution in [0.4, 0.5) is 0 Å². The van der Waals surface area contributed by atoms with Gasteiger partial charge in [-0.1, -0.05) is 31.2 Å². The van der Waals surface area contributed by atoms with Crippen molar-refractivity contribution in [2.24, 2.45) is 0 Å². The number of fused-ring (bicyclic) bond motifs is 1. The van der Waals surface area contributed by atoms with Crippen molar-refractivity contribution in [1.29, 1.82) is 0 Å². The zero-order valence-corrected chi connectivity index (χ0v) is 13.3. The molecule has 0 aromatic heterocycles. The largest absolute Gasteiger partial charge is 0.468 e. The monoisotopic (exact) mass is 302 g/mol. The molecule has 2 aromatic carbocycles. The molecule has 0 bridgehead atoms. The topological polar surface area (TPSA) is 44.8 Å². The number of hydrogen-bond acceptors (Lipinski definition) is 4. The van der Waals surface area contributed by atoms with Gasteiger partial charge in [0.15, 0.2) is 6.79 Å². The molecule has 4 heteroatoms. The van der Waals surface area contributed by atoms with Gasteiger partial charge >= 0.3 is 5.97 Å². The third kappa shape index (κ3) is 3.98. The van der Waals surface area contributed by atoms with E-state index in [-0.39, 0.29) is 18.7 Å². The lowest BCUT2D eigenvalue weighted by Crippen LogP contribution is -2.13. The Morgan fingerprint density at radius 1 is 1.14 bits per heavy atom. The summed E-state index contributed by atoms with van der Waals surface area (Å²) < 4.78 is 15.5. The van der Waals surface area contributed by atoms with Crippen LogP contribution in [0.1, 0.15) is 31.7 Å². The van der Waals surface area contributed by atoms with Crippen LogP contribution in [0.5, 0.6) is 5.75 Å². The van der Waals surface area contributed by atoms with E-state index in [9.17, 15) is 4.79 Å². The van der Waals surface area contributed by atoms with Crippen LogP contribution in [0.15, 0.2) is 36.4 Å². The number of carbonyl (C=O) groups excluding carboxylic acids is 1. The van der Waals surface area contributed by atoms with Crippen LogP contribution in [0, 0.1) is 0 Å². The highest BCUT2D eigenvalue weighted by molar-refractivity contribution is 5.86. The minimum atomic E-state index is -0.264. The first-order valence-electron chi connectivity index (χ1n) is 7.47. The van der Waals surface area contributed by atoms with Gasteiger partial charge in [-0.15, -0.1) is 0 Å². The molecule has 0 N–H and O–H groups in total. The molecule has 0 saturated heterocycles. The van der Waals surface area contributed by atoms with Gasteiger partial charge in [0.25, 0.3) is 0 Å². The summed E-state index contributed by atoms with van der Waals surface area (Å²) in [6, 6.07) is 11.8. The van der Waals surface area contributed by atoms with Gasteiger partial charge in [0, 0.05) is 7.11 Å². The predicted molar refractivity (Wildman–Crippen MR) is 86.1 cm³/mol. The summed E-state index contributed by atoms with van der Waals surface area (Å²) in [6.07, 6.45) is 0.834. The first kappa shape index (κ1) is 16.3. The lowest BCUT2D eigenvalue weighted by Gasteiger charge is -2.12. The molecule has 2 aromatic rings. The fourth-order valence-corrected chi connectivity index (χ4v) is 2.19. The van der Waals surface area contributed by atoms with E-state index in [1.54, 1.807) is 7.11 Å². The van der Waals surface area contributed by atoms with Crippen molar-refractivity contribution in [1.82, 2.24) is 0 Å². The van der Waals surface area contributed by atoms with Crippen molar-refractivity contribution in [3.8, 4) is 5.75 Å². The Labute approximate surface area is 131 Å². The highest BCUT2D eigenvalue weighted by atomic mass is 16.7. The minimum Gasteiger partial charge on any atom is -0.468 e. The van der Waals surface area contributed by atoms with E-state index in [0.717, 1.165) is 28.5 Å². The van der Waals surface area contributed by atoms with Gasteiger partial charge in [0.05, 0.1) is 12.5 Å². The minimum absolute atomic E-state index is 0.179. The number of carbonyl (C=O) groups is 1. The summed E-state index contributed by atoms with van der Waals surface area (Å²) in [6.45, 7) is 4.55. The maximum absolute atomic E-state index is 12.0. The predicted octanol–water partition coefficient (Wildman–Crippen LogP) is 3.88. The summed E-state index contributed by atoms with van der Waals surface area (Å²) in [5, 5.41) is 2.13. The second-order valence-electron chi connectivity index (χ2n) is 5.21. The SMILES string of the molecule is CCCOC(=O)C(C)c1ccc2cc(OCOC)ccc2c1. The summed E-state index contributed by atoms with van der Waals surface area (Å²) in [5.41, 5.74) is 0.958. The fourth-order valence-electron chi connectivity index (χ4n) is 2.19. The van der Waals surface area contributed by atoms with Crippen molar-refractivity contribution >= 4 is 16.7 Å². The molecule has 0 spiro atoms. The summed E-state index contributed by atoms with van der Waals surface area (Å²) in [5.74, 6) is 0.319. The highest BCUT2D eigenvalue weighted by Crippen LogP contribution is 2.26. The number of rotatable bonds is 7. The first-order valence-corrected chi connectivity index (χ1v) is 7.47. The summed E-state index contributed by atoms with van der Waals surface area (Å²) >= 11 is 0. The average Bonchev–Trinajstić information content (AvgIpc) is 2.56. The maximum atomic E-state index is 12.0. The molecule has 0 saturated carbocycles. The maximum Gasteiger partial charge on any atom is 0.313 e. The van der Waals surface area contributed by atoms with Crippen molar-refractivity contribution in [3.63, 3.8) is 0 Å². The number of ether oxygens (including phenoxy) is 3. The molecule has 0 aliphatic carbocycles. The lowest BCUT2D eigenvalue weighted by molar-refractivity contribution is -0.145. The molecule has 1 unspecified atom stereocenters. The lowest BCUT2D eigenvalue weighted by atomic mass is 9.98. The van der Waals surface area contributed by atoms with E-state index in [4.69, 9.17) is 14.2 Å². The van der Waals surface area contributed by atoms with Crippen LogP contribution in [-0.4, -0.2) is 26.5 Å². The van der Waals surface area contributed by atoms with Crippen LogP contribution in [0.25, 0.3) is 10.8 Å². The zero-order valence-electron chi connectivity index (χ0n) is 13.3. The quantitative estimate of drug-likeness (QED) is 0.575. The van der Waals surface area contributed by atoms with Crippen LogP contribution >= 0.6 is 0 Å². The number of methoxy groups -OCH3 is 1. The smallest absolute Gasteiger partial charge is 0.313 e.